The van der Waals surface area contributed by atoms with Gasteiger partial charge < -0.3 is 9.47 Å². The van der Waals surface area contributed by atoms with Gasteiger partial charge in [0.1, 0.15) is 5.82 Å². The van der Waals surface area contributed by atoms with E-state index in [0.29, 0.717) is 24.3 Å². The van der Waals surface area contributed by atoms with Crippen LogP contribution in [0.5, 0.6) is 0 Å². The van der Waals surface area contributed by atoms with Crippen LogP contribution in [0.4, 0.5) is 0 Å². The molecule has 160 valence electrons. The van der Waals surface area contributed by atoms with Gasteiger partial charge in [-0.3, -0.25) is 18.8 Å². The van der Waals surface area contributed by atoms with Crippen molar-refractivity contribution in [1.82, 2.24) is 28.5 Å². The maximum absolute atomic E-state index is 13.0. The Morgan fingerprint density at radius 2 is 1.57 bits per heavy atom. The van der Waals surface area contributed by atoms with E-state index >= 15 is 0 Å². The zero-order chi connectivity index (χ0) is 21.4. The Balaban J connectivity index is 1.79. The van der Waals surface area contributed by atoms with Crippen LogP contribution < -0.4 is 11.2 Å². The fourth-order valence-corrected chi connectivity index (χ4v) is 4.28. The molecule has 1 aromatic carbocycles. The van der Waals surface area contributed by atoms with Gasteiger partial charge in [-0.05, 0) is 24.2 Å². The second kappa shape index (κ2) is 8.49. The fraction of sp³-hybridized carbons (Fsp3) is 0.476. The third-order valence-corrected chi connectivity index (χ3v) is 6.49. The summed E-state index contributed by atoms with van der Waals surface area (Å²) in [6, 6.07) is 8.05. The molecule has 0 amide bonds. The summed E-state index contributed by atoms with van der Waals surface area (Å²) < 4.78 is 5.61. The minimum Gasteiger partial charge on any atom is -0.317 e. The smallest absolute Gasteiger partial charge is 0.317 e. The zero-order valence-corrected chi connectivity index (χ0v) is 19.2. The van der Waals surface area contributed by atoms with Crippen molar-refractivity contribution in [3.8, 4) is 0 Å². The van der Waals surface area contributed by atoms with Gasteiger partial charge in [0.25, 0.3) is 5.56 Å². The fourth-order valence-electron chi connectivity index (χ4n) is 4.02. The van der Waals surface area contributed by atoms with Gasteiger partial charge in [0, 0.05) is 51.3 Å². The van der Waals surface area contributed by atoms with Gasteiger partial charge in [-0.2, -0.15) is 0 Å². The van der Waals surface area contributed by atoms with Crippen molar-refractivity contribution in [2.24, 2.45) is 14.1 Å². The minimum absolute atomic E-state index is 0.306. The highest BCUT2D eigenvalue weighted by Gasteiger charge is 2.22. The van der Waals surface area contributed by atoms with Crippen molar-refractivity contribution in [1.29, 1.82) is 0 Å². The summed E-state index contributed by atoms with van der Waals surface area (Å²) in [5.74, 6) is 0.816. The summed E-state index contributed by atoms with van der Waals surface area (Å²) in [5, 5.41) is 0. The molecule has 1 aliphatic rings. The van der Waals surface area contributed by atoms with Gasteiger partial charge in [-0.25, -0.2) is 9.78 Å². The van der Waals surface area contributed by atoms with Crippen LogP contribution in [0.15, 0.2) is 38.3 Å². The first-order chi connectivity index (χ1) is 14.4. The van der Waals surface area contributed by atoms with Crippen LogP contribution in [0.2, 0.25) is 0 Å². The van der Waals surface area contributed by atoms with Gasteiger partial charge in [-0.1, -0.05) is 35.0 Å². The summed E-state index contributed by atoms with van der Waals surface area (Å²) in [6.07, 6.45) is 0. The van der Waals surface area contributed by atoms with E-state index in [1.54, 1.807) is 7.05 Å². The summed E-state index contributed by atoms with van der Waals surface area (Å²) >= 11 is 3.47. The first-order valence-corrected chi connectivity index (χ1v) is 11.0. The molecule has 0 radical (unpaired) electrons. The summed E-state index contributed by atoms with van der Waals surface area (Å²) in [7, 11) is 3.19. The standard InChI is InChI=1S/C21H27BrN6O2/c1-4-26-9-11-27(12-10-26)14-17-23-19-18(20(29)25(3)21(30)24(19)2)28(17)13-15-5-7-16(22)8-6-15/h5-8H,4,9-14H2,1-3H3. The van der Waals surface area contributed by atoms with E-state index in [1.807, 2.05) is 28.8 Å². The molecule has 3 aromatic rings. The Morgan fingerprint density at radius 1 is 0.933 bits per heavy atom. The molecular formula is C21H27BrN6O2. The van der Waals surface area contributed by atoms with E-state index < -0.39 is 0 Å². The number of imidazole rings is 1. The van der Waals surface area contributed by atoms with Crippen molar-refractivity contribution in [2.45, 2.75) is 20.0 Å². The van der Waals surface area contributed by atoms with E-state index in [4.69, 9.17) is 4.98 Å². The lowest BCUT2D eigenvalue weighted by Crippen LogP contribution is -2.45. The number of aryl methyl sites for hydroxylation is 1. The Morgan fingerprint density at radius 3 is 2.20 bits per heavy atom. The molecule has 8 nitrogen and oxygen atoms in total. The van der Waals surface area contributed by atoms with E-state index in [1.165, 1.54) is 11.6 Å². The molecule has 0 unspecified atom stereocenters. The van der Waals surface area contributed by atoms with Crippen LogP contribution in [0.25, 0.3) is 11.2 Å². The average Bonchev–Trinajstić information content (AvgIpc) is 3.11. The molecule has 3 heterocycles. The first kappa shape index (κ1) is 21.0. The SMILES string of the molecule is CCN1CCN(Cc2nc3c(c(=O)n(C)c(=O)n3C)n2Cc2ccc(Br)cc2)CC1. The Kier molecular flexibility index (Phi) is 5.95. The molecule has 0 N–H and O–H groups in total. The molecule has 0 aliphatic carbocycles. The summed E-state index contributed by atoms with van der Waals surface area (Å²) in [6.45, 7) is 8.42. The van der Waals surface area contributed by atoms with Crippen molar-refractivity contribution in [3.63, 3.8) is 0 Å². The number of aromatic nitrogens is 4. The number of hydrogen-bond acceptors (Lipinski definition) is 5. The zero-order valence-electron chi connectivity index (χ0n) is 17.6. The molecule has 1 fully saturated rings. The van der Waals surface area contributed by atoms with E-state index in [-0.39, 0.29) is 11.2 Å². The highest BCUT2D eigenvalue weighted by molar-refractivity contribution is 9.10. The van der Waals surface area contributed by atoms with Crippen LogP contribution in [0.3, 0.4) is 0 Å². The summed E-state index contributed by atoms with van der Waals surface area (Å²) in [5.41, 5.74) is 1.33. The number of piperazine rings is 1. The van der Waals surface area contributed by atoms with Gasteiger partial charge in [0.15, 0.2) is 11.2 Å². The maximum atomic E-state index is 13.0. The lowest BCUT2D eigenvalue weighted by molar-refractivity contribution is 0.129. The first-order valence-electron chi connectivity index (χ1n) is 10.2. The topological polar surface area (TPSA) is 68.3 Å². The predicted octanol–water partition coefficient (Wildman–Crippen LogP) is 1.38. The minimum atomic E-state index is -0.357. The molecule has 9 heteroatoms. The van der Waals surface area contributed by atoms with Crippen LogP contribution in [0, 0.1) is 0 Å². The normalized spacial score (nSPS) is 15.9. The molecule has 2 aromatic heterocycles. The molecule has 1 saturated heterocycles. The lowest BCUT2D eigenvalue weighted by Gasteiger charge is -2.33. The molecule has 0 saturated carbocycles. The number of likely N-dealkylation sites (N-methyl/N-ethyl adjacent to an activating group) is 1. The van der Waals surface area contributed by atoms with Crippen LogP contribution in [0.1, 0.15) is 18.3 Å². The Labute approximate surface area is 183 Å². The highest BCUT2D eigenvalue weighted by atomic mass is 79.9. The van der Waals surface area contributed by atoms with Gasteiger partial charge in [0.05, 0.1) is 6.54 Å². The van der Waals surface area contributed by atoms with Gasteiger partial charge in [-0.15, -0.1) is 0 Å². The molecule has 0 spiro atoms. The van der Waals surface area contributed by atoms with Crippen molar-refractivity contribution >= 4 is 27.1 Å². The van der Waals surface area contributed by atoms with Crippen molar-refractivity contribution < 1.29 is 0 Å². The van der Waals surface area contributed by atoms with Gasteiger partial charge in [0.2, 0.25) is 0 Å². The second-order valence-electron chi connectivity index (χ2n) is 7.83. The van der Waals surface area contributed by atoms with Crippen LogP contribution in [-0.2, 0) is 27.2 Å². The Hall–Kier alpha value is -2.23. The van der Waals surface area contributed by atoms with E-state index in [0.717, 1.165) is 53.2 Å². The number of fused-ring (bicyclic) bond motifs is 1. The Bertz CT molecular complexity index is 1170. The maximum Gasteiger partial charge on any atom is 0.332 e. The molecule has 0 atom stereocenters. The van der Waals surface area contributed by atoms with Crippen molar-refractivity contribution in [2.75, 3.05) is 32.7 Å². The number of rotatable bonds is 5. The van der Waals surface area contributed by atoms with Crippen LogP contribution in [-0.4, -0.2) is 61.2 Å². The second-order valence-corrected chi connectivity index (χ2v) is 8.74. The monoisotopic (exact) mass is 474 g/mol. The third kappa shape index (κ3) is 3.89. The number of benzene rings is 1. The molecule has 30 heavy (non-hydrogen) atoms. The quantitative estimate of drug-likeness (QED) is 0.558. The third-order valence-electron chi connectivity index (χ3n) is 5.96. The largest absolute Gasteiger partial charge is 0.332 e. The van der Waals surface area contributed by atoms with E-state index in [2.05, 4.69) is 32.7 Å². The molecule has 4 rings (SSSR count). The molecular weight excluding hydrogens is 448 g/mol. The summed E-state index contributed by atoms with van der Waals surface area (Å²) in [4.78, 5) is 35.0. The number of hydrogen-bond donors (Lipinski definition) is 0. The molecule has 0 bridgehead atoms. The lowest BCUT2D eigenvalue weighted by atomic mass is 10.2. The van der Waals surface area contributed by atoms with Gasteiger partial charge >= 0.3 is 5.69 Å². The van der Waals surface area contributed by atoms with E-state index in [9.17, 15) is 9.59 Å². The number of halogens is 1. The average molecular weight is 475 g/mol. The highest BCUT2D eigenvalue weighted by Crippen LogP contribution is 2.18. The number of nitrogens with zero attached hydrogens (tertiary/aromatic N) is 6. The van der Waals surface area contributed by atoms with Crippen LogP contribution >= 0.6 is 15.9 Å². The van der Waals surface area contributed by atoms with Crippen molar-refractivity contribution in [3.05, 3.63) is 61.0 Å². The predicted molar refractivity (Wildman–Crippen MR) is 121 cm³/mol. The molecule has 1 aliphatic heterocycles.